The lowest BCUT2D eigenvalue weighted by Crippen LogP contribution is -2.51. The van der Waals surface area contributed by atoms with Crippen LogP contribution < -0.4 is 15.5 Å². The Labute approximate surface area is 204 Å². The largest absolute Gasteiger partial charge is 0.369 e. The van der Waals surface area contributed by atoms with Gasteiger partial charge in [0.25, 0.3) is 0 Å². The molecule has 1 heterocycles. The van der Waals surface area contributed by atoms with Gasteiger partial charge >= 0.3 is 0 Å². The Morgan fingerprint density at radius 2 is 2.03 bits per heavy atom. The van der Waals surface area contributed by atoms with Crippen LogP contribution in [0.1, 0.15) is 24.0 Å². The molecule has 3 rings (SSSR count). The van der Waals surface area contributed by atoms with Gasteiger partial charge in [-0.3, -0.25) is 9.20 Å². The molecule has 31 heavy (non-hydrogen) atoms. The van der Waals surface area contributed by atoms with Crippen LogP contribution in [0.25, 0.3) is 0 Å². The van der Waals surface area contributed by atoms with Crippen molar-refractivity contribution in [2.24, 2.45) is 4.99 Å². The van der Waals surface area contributed by atoms with E-state index in [1.54, 1.807) is 13.1 Å². The van der Waals surface area contributed by atoms with Gasteiger partial charge in [0.15, 0.2) is 5.96 Å². The molecule has 1 fully saturated rings. The van der Waals surface area contributed by atoms with Gasteiger partial charge in [-0.2, -0.15) is 0 Å². The van der Waals surface area contributed by atoms with Gasteiger partial charge in [-0.1, -0.05) is 30.3 Å². The van der Waals surface area contributed by atoms with Crippen LogP contribution in [0.3, 0.4) is 0 Å². The molecule has 2 unspecified atom stereocenters. The third-order valence-electron chi connectivity index (χ3n) is 5.28. The first-order valence-corrected chi connectivity index (χ1v) is 11.9. The number of nitrogens with zero attached hydrogens (tertiary/aromatic N) is 2. The maximum absolute atomic E-state index is 13.4. The highest BCUT2D eigenvalue weighted by Crippen LogP contribution is 2.24. The molecule has 1 aliphatic rings. The van der Waals surface area contributed by atoms with Gasteiger partial charge in [-0.15, -0.1) is 24.0 Å². The first-order valence-electron chi connectivity index (χ1n) is 10.4. The number of benzene rings is 2. The molecule has 1 saturated heterocycles. The maximum Gasteiger partial charge on any atom is 0.191 e. The third-order valence-corrected chi connectivity index (χ3v) is 6.59. The molecule has 2 atom stereocenters. The number of aryl methyl sites for hydroxylation is 1. The van der Waals surface area contributed by atoms with Crippen molar-refractivity contribution < 1.29 is 8.60 Å². The van der Waals surface area contributed by atoms with Gasteiger partial charge in [0.2, 0.25) is 0 Å². The molecule has 0 radical (unpaired) electrons. The number of aliphatic imine (C=N–C) groups is 1. The van der Waals surface area contributed by atoms with Gasteiger partial charge in [-0.25, -0.2) is 4.39 Å². The second-order valence-electron chi connectivity index (χ2n) is 7.63. The second-order valence-corrected chi connectivity index (χ2v) is 9.21. The lowest BCUT2D eigenvalue weighted by molar-refractivity contribution is 0.468. The Morgan fingerprint density at radius 1 is 1.26 bits per heavy atom. The normalized spacial score (nSPS) is 17.6. The zero-order valence-electron chi connectivity index (χ0n) is 18.1. The third kappa shape index (κ3) is 8.07. The maximum atomic E-state index is 13.4. The van der Waals surface area contributed by atoms with E-state index in [1.165, 1.54) is 6.07 Å². The Bertz CT molecular complexity index is 881. The predicted octanol–water partition coefficient (Wildman–Crippen LogP) is 3.83. The van der Waals surface area contributed by atoms with Crippen LogP contribution in [0.5, 0.6) is 0 Å². The van der Waals surface area contributed by atoms with Gasteiger partial charge in [0, 0.05) is 60.7 Å². The van der Waals surface area contributed by atoms with E-state index in [-0.39, 0.29) is 35.8 Å². The fraction of sp³-hybridized carbons (Fsp3) is 0.435. The van der Waals surface area contributed by atoms with Gasteiger partial charge in [0.1, 0.15) is 5.82 Å². The molecule has 0 bridgehead atoms. The predicted molar refractivity (Wildman–Crippen MR) is 139 cm³/mol. The summed E-state index contributed by atoms with van der Waals surface area (Å²) in [5, 5.41) is 6.77. The van der Waals surface area contributed by atoms with E-state index in [1.807, 2.05) is 43.3 Å². The molecule has 170 valence electrons. The number of piperidine rings is 1. The lowest BCUT2D eigenvalue weighted by Gasteiger charge is -2.36. The Morgan fingerprint density at radius 3 is 2.74 bits per heavy atom. The number of hydrogen-bond donors (Lipinski definition) is 2. The number of halogens is 2. The molecule has 8 heteroatoms. The molecule has 1 aliphatic heterocycles. The zero-order chi connectivity index (χ0) is 21.3. The fourth-order valence-electron chi connectivity index (χ4n) is 3.79. The summed E-state index contributed by atoms with van der Waals surface area (Å²) in [7, 11) is 0.835. The average Bonchev–Trinajstić information content (AvgIpc) is 2.74. The van der Waals surface area contributed by atoms with Gasteiger partial charge < -0.3 is 15.5 Å². The number of anilines is 1. The molecule has 2 N–H and O–H groups in total. The number of guanidine groups is 1. The Hall–Kier alpha value is -1.68. The van der Waals surface area contributed by atoms with Crippen LogP contribution in [0, 0.1) is 12.7 Å². The smallest absolute Gasteiger partial charge is 0.191 e. The Kier molecular flexibility index (Phi) is 10.7. The Balaban J connectivity index is 0.00000341. The molecule has 5 nitrogen and oxygen atoms in total. The molecular formula is C23H32FIN4OS. The minimum absolute atomic E-state index is 0. The molecule has 2 aromatic carbocycles. The first kappa shape index (κ1) is 25.6. The van der Waals surface area contributed by atoms with Crippen molar-refractivity contribution in [3.8, 4) is 0 Å². The summed E-state index contributed by atoms with van der Waals surface area (Å²) in [5.74, 6) is 1.68. The van der Waals surface area contributed by atoms with Crippen molar-refractivity contribution >= 4 is 46.4 Å². The summed E-state index contributed by atoms with van der Waals surface area (Å²) in [4.78, 5) is 6.62. The van der Waals surface area contributed by atoms with Crippen molar-refractivity contribution in [3.63, 3.8) is 0 Å². The van der Waals surface area contributed by atoms with Gasteiger partial charge in [0.05, 0.1) is 0 Å². The van der Waals surface area contributed by atoms with Crippen LogP contribution in [0.4, 0.5) is 10.1 Å². The van der Waals surface area contributed by atoms with Crippen molar-refractivity contribution in [3.05, 3.63) is 65.5 Å². The van der Waals surface area contributed by atoms with E-state index in [9.17, 15) is 8.60 Å². The monoisotopic (exact) mass is 558 g/mol. The summed E-state index contributed by atoms with van der Waals surface area (Å²) in [6.07, 6.45) is 2.12. The fourth-order valence-corrected chi connectivity index (χ4v) is 4.83. The molecule has 0 spiro atoms. The quantitative estimate of drug-likeness (QED) is 0.308. The highest BCUT2D eigenvalue weighted by atomic mass is 127. The number of hydrogen-bond acceptors (Lipinski definition) is 3. The summed E-state index contributed by atoms with van der Waals surface area (Å²) in [6.45, 7) is 4.36. The van der Waals surface area contributed by atoms with E-state index in [0.29, 0.717) is 18.1 Å². The van der Waals surface area contributed by atoms with Crippen LogP contribution in [0.2, 0.25) is 0 Å². The van der Waals surface area contributed by atoms with Crippen LogP contribution in [0.15, 0.2) is 53.5 Å². The zero-order valence-corrected chi connectivity index (χ0v) is 21.3. The number of rotatable bonds is 7. The molecule has 0 saturated carbocycles. The van der Waals surface area contributed by atoms with Crippen molar-refractivity contribution in [1.82, 2.24) is 10.6 Å². The molecule has 0 amide bonds. The van der Waals surface area contributed by atoms with E-state index >= 15 is 0 Å². The molecule has 0 aromatic heterocycles. The van der Waals surface area contributed by atoms with Crippen molar-refractivity contribution in [2.45, 2.75) is 31.6 Å². The van der Waals surface area contributed by atoms with E-state index in [4.69, 9.17) is 0 Å². The van der Waals surface area contributed by atoms with Gasteiger partial charge in [-0.05, 0) is 49.1 Å². The highest BCUT2D eigenvalue weighted by molar-refractivity contribution is 14.0. The molecule has 0 aliphatic carbocycles. The highest BCUT2D eigenvalue weighted by Gasteiger charge is 2.22. The lowest BCUT2D eigenvalue weighted by atomic mass is 10.0. The topological polar surface area (TPSA) is 56.7 Å². The first-order chi connectivity index (χ1) is 14.5. The van der Waals surface area contributed by atoms with Crippen LogP contribution in [-0.4, -0.2) is 48.6 Å². The molecular weight excluding hydrogens is 526 g/mol. The van der Waals surface area contributed by atoms with E-state index in [2.05, 4.69) is 20.5 Å². The van der Waals surface area contributed by atoms with Crippen molar-refractivity contribution in [1.29, 1.82) is 0 Å². The minimum atomic E-state index is -0.916. The standard InChI is InChI=1S/C23H31FN4OS.HI/c1-18-15-20(24)10-11-22(18)28-13-6-9-21(16-28)27-23(25-2)26-12-14-30(29)17-19-7-4-3-5-8-19;/h3-5,7-8,10-11,15,21H,6,9,12-14,16-17H2,1-2H3,(H2,25,26,27);1H. The van der Waals surface area contributed by atoms with Crippen LogP contribution >= 0.6 is 24.0 Å². The summed E-state index contributed by atoms with van der Waals surface area (Å²) in [6, 6.07) is 15.1. The SMILES string of the molecule is CN=C(NCCS(=O)Cc1ccccc1)NC1CCCN(c2ccc(F)cc2C)C1.I. The second kappa shape index (κ2) is 13.0. The number of nitrogens with one attached hydrogen (secondary N) is 2. The molecule has 2 aromatic rings. The summed E-state index contributed by atoms with van der Waals surface area (Å²) in [5.41, 5.74) is 3.14. The average molecular weight is 559 g/mol. The van der Waals surface area contributed by atoms with E-state index < -0.39 is 10.8 Å². The summed E-state index contributed by atoms with van der Waals surface area (Å²) >= 11 is 0. The summed E-state index contributed by atoms with van der Waals surface area (Å²) < 4.78 is 25.7. The van der Waals surface area contributed by atoms with E-state index in [0.717, 1.165) is 48.7 Å². The van der Waals surface area contributed by atoms with Crippen LogP contribution in [-0.2, 0) is 16.6 Å². The minimum Gasteiger partial charge on any atom is -0.369 e. The van der Waals surface area contributed by atoms with Crippen molar-refractivity contribution in [2.75, 3.05) is 37.3 Å².